The van der Waals surface area contributed by atoms with Crippen molar-refractivity contribution in [2.45, 2.75) is 116 Å². The lowest BCUT2D eigenvalue weighted by Crippen LogP contribution is -2.50. The maximum absolute atomic E-state index is 15.2. The molecule has 0 rings (SSSR count). The fourth-order valence-corrected chi connectivity index (χ4v) is 25.0. The quantitative estimate of drug-likeness (QED) is 0.142. The molecule has 0 radical (unpaired) electrons. The number of rotatable bonds is 15. The van der Waals surface area contributed by atoms with Gasteiger partial charge in [-0.1, -0.05) is 0 Å². The molecule has 0 atom stereocenters. The van der Waals surface area contributed by atoms with Crippen molar-refractivity contribution in [3.63, 3.8) is 0 Å². The molecule has 0 aromatic carbocycles. The van der Waals surface area contributed by atoms with Gasteiger partial charge in [0.05, 0.1) is 0 Å². The molecule has 0 aliphatic rings. The standard InChI is InChI=1S/C19H50O9P2Si5/c1-31(2,3)24-19(17-16-18(20)21,29(22,25-32(4,5)6)26-33(7,8)9)30(23,27-34(10,11)12)28-35(13,14)15/h16-17H2,1-15H3,(H,20,21). The molecular formula is C19H50O9P2Si5. The highest BCUT2D eigenvalue weighted by atomic mass is 31.2. The van der Waals surface area contributed by atoms with Crippen LogP contribution in [0, 0.1) is 0 Å². The number of hydrogen-bond donors (Lipinski definition) is 1. The first kappa shape index (κ1) is 35.8. The van der Waals surface area contributed by atoms with Crippen LogP contribution < -0.4 is 0 Å². The van der Waals surface area contributed by atoms with Gasteiger partial charge in [0.2, 0.25) is 0 Å². The normalized spacial score (nSPS) is 15.4. The zero-order valence-corrected chi connectivity index (χ0v) is 31.3. The summed E-state index contributed by atoms with van der Waals surface area (Å²) in [5.74, 6) is -1.14. The van der Waals surface area contributed by atoms with Crippen LogP contribution in [0.15, 0.2) is 0 Å². The molecule has 0 aromatic rings. The second kappa shape index (κ2) is 11.5. The number of hydrogen-bond acceptors (Lipinski definition) is 8. The van der Waals surface area contributed by atoms with Gasteiger partial charge in [0, 0.05) is 12.8 Å². The average molecular weight is 625 g/mol. The first-order valence-corrected chi connectivity index (χ1v) is 32.0. The van der Waals surface area contributed by atoms with Crippen molar-refractivity contribution in [3.8, 4) is 0 Å². The minimum absolute atomic E-state index is 0.384. The number of aliphatic carboxylic acids is 1. The van der Waals surface area contributed by atoms with Crippen molar-refractivity contribution < 1.29 is 40.3 Å². The van der Waals surface area contributed by atoms with Gasteiger partial charge in [-0.25, -0.2) is 0 Å². The largest absolute Gasteiger partial charge is 0.481 e. The summed E-state index contributed by atoms with van der Waals surface area (Å²) >= 11 is 0. The Morgan fingerprint density at radius 1 is 0.600 bits per heavy atom. The van der Waals surface area contributed by atoms with Gasteiger partial charge in [-0.2, -0.15) is 0 Å². The van der Waals surface area contributed by atoms with E-state index in [1.807, 2.05) is 98.2 Å². The lowest BCUT2D eigenvalue weighted by molar-refractivity contribution is -0.137. The molecule has 210 valence electrons. The summed E-state index contributed by atoms with van der Waals surface area (Å²) < 4.78 is 62.4. The Morgan fingerprint density at radius 2 is 0.857 bits per heavy atom. The van der Waals surface area contributed by atoms with Crippen LogP contribution in [0.5, 0.6) is 0 Å². The van der Waals surface area contributed by atoms with E-state index in [2.05, 4.69) is 0 Å². The van der Waals surface area contributed by atoms with Crippen molar-refractivity contribution in [3.05, 3.63) is 0 Å². The fourth-order valence-electron chi connectivity index (χ4n) is 3.11. The fraction of sp³-hybridized carbons (Fsp3) is 0.947. The lowest BCUT2D eigenvalue weighted by atomic mass is 10.3. The van der Waals surface area contributed by atoms with E-state index in [1.165, 1.54) is 0 Å². The molecule has 0 heterocycles. The molecule has 9 nitrogen and oxygen atoms in total. The molecule has 0 aromatic heterocycles. The second-order valence-electron chi connectivity index (χ2n) is 13.7. The van der Waals surface area contributed by atoms with E-state index < -0.39 is 74.3 Å². The molecular weight excluding hydrogens is 575 g/mol. The average Bonchev–Trinajstić information content (AvgIpc) is 2.41. The van der Waals surface area contributed by atoms with Gasteiger partial charge in [0.25, 0.3) is 5.08 Å². The Bertz CT molecular complexity index is 744. The number of carbonyl (C=O) groups is 1. The predicted octanol–water partition coefficient (Wildman–Crippen LogP) is 8.15. The Hall–Kier alpha value is 0.814. The Labute approximate surface area is 218 Å². The third-order valence-corrected chi connectivity index (χ3v) is 21.3. The smallest absolute Gasteiger partial charge is 0.354 e. The summed E-state index contributed by atoms with van der Waals surface area (Å²) in [6, 6.07) is 0. The van der Waals surface area contributed by atoms with Gasteiger partial charge in [0.1, 0.15) is 0 Å². The lowest BCUT2D eigenvalue weighted by Gasteiger charge is -2.50. The van der Waals surface area contributed by atoms with E-state index >= 15 is 9.13 Å². The van der Waals surface area contributed by atoms with Crippen LogP contribution in [-0.4, -0.2) is 57.7 Å². The molecule has 0 saturated heterocycles. The van der Waals surface area contributed by atoms with Gasteiger partial charge >= 0.3 is 21.2 Å². The first-order chi connectivity index (χ1) is 15.0. The van der Waals surface area contributed by atoms with Crippen LogP contribution in [0.1, 0.15) is 12.8 Å². The van der Waals surface area contributed by atoms with Gasteiger partial charge in [0.15, 0.2) is 41.6 Å². The summed E-state index contributed by atoms with van der Waals surface area (Å²) in [6.45, 7) is 27.8. The van der Waals surface area contributed by atoms with Gasteiger partial charge in [-0.05, 0) is 98.2 Å². The van der Waals surface area contributed by atoms with Crippen LogP contribution in [0.25, 0.3) is 0 Å². The van der Waals surface area contributed by atoms with E-state index in [1.54, 1.807) is 0 Å². The van der Waals surface area contributed by atoms with Crippen molar-refractivity contribution in [2.24, 2.45) is 0 Å². The third kappa shape index (κ3) is 12.5. The molecule has 35 heavy (non-hydrogen) atoms. The van der Waals surface area contributed by atoms with Gasteiger partial charge < -0.3 is 26.4 Å². The Kier molecular flexibility index (Phi) is 11.8. The van der Waals surface area contributed by atoms with E-state index in [-0.39, 0.29) is 6.42 Å². The van der Waals surface area contributed by atoms with Crippen LogP contribution in [-0.2, 0) is 35.2 Å². The molecule has 16 heteroatoms. The molecule has 0 aliphatic heterocycles. The third-order valence-electron chi connectivity index (χ3n) is 3.57. The minimum atomic E-state index is -4.45. The van der Waals surface area contributed by atoms with Crippen LogP contribution >= 0.6 is 15.2 Å². The summed E-state index contributed by atoms with van der Waals surface area (Å²) in [7, 11) is -22.0. The SMILES string of the molecule is C[Si](C)(C)OC(CCC(=O)O)(P(=O)(O[Si](C)(C)C)O[Si](C)(C)C)P(=O)(O[Si](C)(C)C)O[Si](C)(C)C. The molecule has 0 unspecified atom stereocenters. The molecule has 0 bridgehead atoms. The molecule has 0 spiro atoms. The molecule has 0 fully saturated rings. The van der Waals surface area contributed by atoms with Gasteiger partial charge in [-0.3, -0.25) is 13.9 Å². The molecule has 0 amide bonds. The summed E-state index contributed by atoms with van der Waals surface area (Å²) in [6.07, 6.45) is -0.849. The molecule has 0 saturated carbocycles. The number of carboxylic acid groups (broad SMARTS) is 1. The van der Waals surface area contributed by atoms with Crippen molar-refractivity contribution in [2.75, 3.05) is 0 Å². The van der Waals surface area contributed by atoms with E-state index in [0.29, 0.717) is 0 Å². The molecule has 0 aliphatic carbocycles. The zero-order valence-electron chi connectivity index (χ0n) is 24.5. The highest BCUT2D eigenvalue weighted by Gasteiger charge is 2.70. The number of carboxylic acids is 1. The van der Waals surface area contributed by atoms with E-state index in [0.717, 1.165) is 0 Å². The zero-order chi connectivity index (χ0) is 28.5. The maximum atomic E-state index is 15.2. The Balaban J connectivity index is 7.87. The summed E-state index contributed by atoms with van der Waals surface area (Å²) in [5, 5.41) is 7.48. The van der Waals surface area contributed by atoms with Crippen LogP contribution in [0.4, 0.5) is 0 Å². The predicted molar refractivity (Wildman–Crippen MR) is 157 cm³/mol. The monoisotopic (exact) mass is 624 g/mol. The maximum Gasteiger partial charge on any atom is 0.354 e. The highest BCUT2D eigenvalue weighted by molar-refractivity contribution is 7.76. The van der Waals surface area contributed by atoms with Crippen LogP contribution in [0.3, 0.4) is 0 Å². The van der Waals surface area contributed by atoms with Crippen molar-refractivity contribution in [1.82, 2.24) is 0 Å². The second-order valence-corrected chi connectivity index (χ2v) is 41.7. The van der Waals surface area contributed by atoms with Crippen molar-refractivity contribution in [1.29, 1.82) is 0 Å². The highest BCUT2D eigenvalue weighted by Crippen LogP contribution is 2.82. The summed E-state index contributed by atoms with van der Waals surface area (Å²) in [4.78, 5) is 11.9. The molecule has 1 N–H and O–H groups in total. The summed E-state index contributed by atoms with van der Waals surface area (Å²) in [5.41, 5.74) is 0. The van der Waals surface area contributed by atoms with E-state index in [9.17, 15) is 9.90 Å². The first-order valence-electron chi connectivity index (χ1n) is 11.9. The minimum Gasteiger partial charge on any atom is -0.481 e. The van der Waals surface area contributed by atoms with Gasteiger partial charge in [-0.15, -0.1) is 0 Å². The topological polar surface area (TPSA) is 118 Å². The van der Waals surface area contributed by atoms with Crippen LogP contribution in [0.2, 0.25) is 98.2 Å². The van der Waals surface area contributed by atoms with Crippen molar-refractivity contribution >= 4 is 62.7 Å². The Morgan fingerprint density at radius 3 is 1.03 bits per heavy atom. The van der Waals surface area contributed by atoms with E-state index in [4.69, 9.17) is 21.3 Å².